The van der Waals surface area contributed by atoms with E-state index in [2.05, 4.69) is 36.6 Å². The largest absolute Gasteiger partial charge is 0.399 e. The Labute approximate surface area is 125 Å². The Bertz CT molecular complexity index is 505. The van der Waals surface area contributed by atoms with Gasteiger partial charge in [0.25, 0.3) is 0 Å². The maximum absolute atomic E-state index is 12.3. The number of halogens is 2. The van der Waals surface area contributed by atoms with Crippen molar-refractivity contribution in [2.75, 3.05) is 5.73 Å². The molecule has 0 heterocycles. The van der Waals surface area contributed by atoms with Crippen LogP contribution in [0.15, 0.2) is 26.0 Å². The molecule has 0 saturated carbocycles. The van der Waals surface area contributed by atoms with Crippen LogP contribution < -0.4 is 10.5 Å². The Balaban J connectivity index is 3.21. The van der Waals surface area contributed by atoms with Gasteiger partial charge in [-0.15, -0.1) is 0 Å². The molecule has 4 nitrogen and oxygen atoms in total. The zero-order valence-electron chi connectivity index (χ0n) is 10.2. The molecule has 0 unspecified atom stereocenters. The van der Waals surface area contributed by atoms with E-state index in [4.69, 9.17) is 5.73 Å². The smallest absolute Gasteiger partial charge is 0.243 e. The van der Waals surface area contributed by atoms with E-state index in [1.165, 1.54) is 0 Å². The average Bonchev–Trinajstić information content (AvgIpc) is 2.23. The van der Waals surface area contributed by atoms with Gasteiger partial charge in [0.2, 0.25) is 10.0 Å². The fourth-order valence-electron chi connectivity index (χ4n) is 1.57. The Morgan fingerprint density at radius 3 is 2.06 bits per heavy atom. The van der Waals surface area contributed by atoms with E-state index < -0.39 is 10.0 Å². The van der Waals surface area contributed by atoms with Gasteiger partial charge in [0.05, 0.1) is 0 Å². The van der Waals surface area contributed by atoms with E-state index in [0.29, 0.717) is 14.6 Å². The summed E-state index contributed by atoms with van der Waals surface area (Å²) in [5.74, 6) is 0. The lowest BCUT2D eigenvalue weighted by Crippen LogP contribution is -2.34. The van der Waals surface area contributed by atoms with Crippen LogP contribution in [0.5, 0.6) is 0 Å². The Kier molecular flexibility index (Phi) is 5.64. The molecule has 0 aliphatic heterocycles. The summed E-state index contributed by atoms with van der Waals surface area (Å²) in [5.41, 5.74) is 6.15. The summed E-state index contributed by atoms with van der Waals surface area (Å²) in [6.07, 6.45) is 1.50. The van der Waals surface area contributed by atoms with Gasteiger partial charge in [-0.1, -0.05) is 13.8 Å². The van der Waals surface area contributed by atoms with Crippen LogP contribution in [0.3, 0.4) is 0 Å². The van der Waals surface area contributed by atoms with E-state index in [-0.39, 0.29) is 10.9 Å². The number of nitrogens with one attached hydrogen (secondary N) is 1. The third kappa shape index (κ3) is 3.69. The van der Waals surface area contributed by atoms with Crippen LogP contribution in [0, 0.1) is 0 Å². The molecule has 0 radical (unpaired) electrons. The number of sulfonamides is 1. The summed E-state index contributed by atoms with van der Waals surface area (Å²) in [4.78, 5) is 0.184. The van der Waals surface area contributed by atoms with Crippen molar-refractivity contribution in [1.82, 2.24) is 4.72 Å². The predicted octanol–water partition coefficient (Wildman–Crippen LogP) is 3.26. The van der Waals surface area contributed by atoms with E-state index in [0.717, 1.165) is 12.8 Å². The van der Waals surface area contributed by atoms with Crippen LogP contribution >= 0.6 is 31.9 Å². The molecule has 102 valence electrons. The molecule has 0 aliphatic rings. The minimum atomic E-state index is -3.56. The van der Waals surface area contributed by atoms with Gasteiger partial charge in [0, 0.05) is 20.7 Å². The van der Waals surface area contributed by atoms with Crippen LogP contribution in [0.4, 0.5) is 5.69 Å². The summed E-state index contributed by atoms with van der Waals surface area (Å²) in [6.45, 7) is 3.90. The second-order valence-electron chi connectivity index (χ2n) is 3.95. The zero-order chi connectivity index (χ0) is 13.9. The number of nitrogens with two attached hydrogens (primary N) is 1. The molecule has 0 bridgehead atoms. The lowest BCUT2D eigenvalue weighted by Gasteiger charge is -2.17. The second-order valence-corrected chi connectivity index (χ2v) is 7.31. The van der Waals surface area contributed by atoms with Crippen molar-refractivity contribution in [3.63, 3.8) is 0 Å². The first-order chi connectivity index (χ1) is 8.31. The van der Waals surface area contributed by atoms with E-state index in [1.54, 1.807) is 12.1 Å². The molecule has 0 saturated heterocycles. The number of benzene rings is 1. The van der Waals surface area contributed by atoms with Gasteiger partial charge in [-0.05, 0) is 56.8 Å². The van der Waals surface area contributed by atoms with Crippen molar-refractivity contribution in [3.8, 4) is 0 Å². The van der Waals surface area contributed by atoms with Gasteiger partial charge in [-0.3, -0.25) is 0 Å². The van der Waals surface area contributed by atoms with Crippen molar-refractivity contribution >= 4 is 47.6 Å². The number of nitrogen functional groups attached to an aromatic ring is 1. The molecule has 0 amide bonds. The highest BCUT2D eigenvalue weighted by atomic mass is 79.9. The Morgan fingerprint density at radius 2 is 1.67 bits per heavy atom. The fourth-order valence-corrected chi connectivity index (χ4v) is 5.59. The van der Waals surface area contributed by atoms with Crippen LogP contribution in [0.2, 0.25) is 0 Å². The molecule has 0 aliphatic carbocycles. The Morgan fingerprint density at radius 1 is 1.22 bits per heavy atom. The molecule has 1 aromatic carbocycles. The standard InChI is InChI=1S/C11H16Br2N2O2S/c1-3-8(4-2)15-18(16,17)11-9(12)5-7(14)6-10(11)13/h5-6,8,15H,3-4,14H2,1-2H3. The lowest BCUT2D eigenvalue weighted by molar-refractivity contribution is 0.529. The minimum Gasteiger partial charge on any atom is -0.399 e. The van der Waals surface area contributed by atoms with Gasteiger partial charge in [-0.25, -0.2) is 13.1 Å². The van der Waals surface area contributed by atoms with E-state index in [9.17, 15) is 8.42 Å². The molecule has 0 atom stereocenters. The van der Waals surface area contributed by atoms with Crippen LogP contribution in [0.25, 0.3) is 0 Å². The van der Waals surface area contributed by atoms with Crippen LogP contribution in [-0.4, -0.2) is 14.5 Å². The molecule has 0 spiro atoms. The van der Waals surface area contributed by atoms with E-state index in [1.807, 2.05) is 13.8 Å². The van der Waals surface area contributed by atoms with Crippen LogP contribution in [-0.2, 0) is 10.0 Å². The van der Waals surface area contributed by atoms with Crippen molar-refractivity contribution in [2.24, 2.45) is 0 Å². The zero-order valence-corrected chi connectivity index (χ0v) is 14.2. The normalized spacial score (nSPS) is 12.1. The van der Waals surface area contributed by atoms with Gasteiger partial charge >= 0.3 is 0 Å². The third-order valence-electron chi connectivity index (χ3n) is 2.60. The fraction of sp³-hybridized carbons (Fsp3) is 0.455. The average molecular weight is 400 g/mol. The summed E-state index contributed by atoms with van der Waals surface area (Å²) in [6, 6.07) is 3.09. The number of rotatable bonds is 5. The highest BCUT2D eigenvalue weighted by molar-refractivity contribution is 9.11. The lowest BCUT2D eigenvalue weighted by atomic mass is 10.2. The maximum atomic E-state index is 12.3. The molecule has 7 heteroatoms. The van der Waals surface area contributed by atoms with Gasteiger partial charge in [-0.2, -0.15) is 0 Å². The summed E-state index contributed by atoms with van der Waals surface area (Å²) < 4.78 is 28.2. The molecule has 18 heavy (non-hydrogen) atoms. The first-order valence-corrected chi connectivity index (χ1v) is 8.65. The predicted molar refractivity (Wildman–Crippen MR) is 80.9 cm³/mol. The summed E-state index contributed by atoms with van der Waals surface area (Å²) in [5, 5.41) is 0. The van der Waals surface area contributed by atoms with E-state index >= 15 is 0 Å². The quantitative estimate of drug-likeness (QED) is 0.746. The van der Waals surface area contributed by atoms with Crippen LogP contribution in [0.1, 0.15) is 26.7 Å². The first kappa shape index (κ1) is 15.9. The second kappa shape index (κ2) is 6.36. The molecule has 1 rings (SSSR count). The van der Waals surface area contributed by atoms with Gasteiger partial charge in [0.15, 0.2) is 0 Å². The highest BCUT2D eigenvalue weighted by Gasteiger charge is 2.23. The Hall–Kier alpha value is -0.110. The SMILES string of the molecule is CCC(CC)NS(=O)(=O)c1c(Br)cc(N)cc1Br. The third-order valence-corrected chi connectivity index (χ3v) is 5.99. The molecule has 0 aromatic heterocycles. The molecular formula is C11H16Br2N2O2S. The summed E-state index contributed by atoms with van der Waals surface area (Å²) >= 11 is 6.48. The number of anilines is 1. The van der Waals surface area contributed by atoms with Gasteiger partial charge in [0.1, 0.15) is 4.90 Å². The maximum Gasteiger partial charge on any atom is 0.243 e. The molecule has 3 N–H and O–H groups in total. The monoisotopic (exact) mass is 398 g/mol. The molecular weight excluding hydrogens is 384 g/mol. The van der Waals surface area contributed by atoms with Crippen molar-refractivity contribution in [2.45, 2.75) is 37.6 Å². The van der Waals surface area contributed by atoms with Crippen molar-refractivity contribution in [1.29, 1.82) is 0 Å². The minimum absolute atomic E-state index is 0.0636. The van der Waals surface area contributed by atoms with Crippen molar-refractivity contribution < 1.29 is 8.42 Å². The molecule has 0 fully saturated rings. The van der Waals surface area contributed by atoms with Gasteiger partial charge < -0.3 is 5.73 Å². The molecule has 1 aromatic rings. The summed E-state index contributed by atoms with van der Waals surface area (Å²) in [7, 11) is -3.56. The van der Waals surface area contributed by atoms with Crippen molar-refractivity contribution in [3.05, 3.63) is 21.1 Å². The highest BCUT2D eigenvalue weighted by Crippen LogP contribution is 2.32. The number of hydrogen-bond donors (Lipinski definition) is 2. The topological polar surface area (TPSA) is 72.2 Å². The first-order valence-electron chi connectivity index (χ1n) is 5.58. The number of hydrogen-bond acceptors (Lipinski definition) is 3.